The fraction of sp³-hybridized carbons (Fsp3) is 0.286. The lowest BCUT2D eigenvalue weighted by molar-refractivity contribution is -0.385. The fourth-order valence-corrected chi connectivity index (χ4v) is 0.462. The Balaban J connectivity index is 0.000000310. The maximum atomic E-state index is 9.97. The van der Waals surface area contributed by atoms with E-state index in [4.69, 9.17) is 11.5 Å². The second-order valence-corrected chi connectivity index (χ2v) is 2.05. The standard InChI is InChI=1S/C5H4N2O2.C2H8N2/c8-7(9)5-2-1-3-6-4-5;3-1-2-4/h1-4H;1-4H2. The molecule has 0 unspecified atom stereocenters. The highest BCUT2D eigenvalue weighted by molar-refractivity contribution is 5.23. The summed E-state index contributed by atoms with van der Waals surface area (Å²) in [6.45, 7) is 1.19. The van der Waals surface area contributed by atoms with Crippen molar-refractivity contribution in [3.8, 4) is 0 Å². The van der Waals surface area contributed by atoms with Crippen LogP contribution in [0.3, 0.4) is 0 Å². The van der Waals surface area contributed by atoms with Gasteiger partial charge in [0.05, 0.1) is 4.92 Å². The van der Waals surface area contributed by atoms with E-state index in [-0.39, 0.29) is 5.69 Å². The van der Waals surface area contributed by atoms with Gasteiger partial charge in [-0.1, -0.05) is 0 Å². The van der Waals surface area contributed by atoms with Gasteiger partial charge < -0.3 is 11.5 Å². The van der Waals surface area contributed by atoms with Crippen molar-refractivity contribution in [2.45, 2.75) is 0 Å². The number of nitrogens with two attached hydrogens (primary N) is 2. The average Bonchev–Trinajstić information content (AvgIpc) is 2.19. The van der Waals surface area contributed by atoms with Crippen molar-refractivity contribution in [3.05, 3.63) is 34.6 Å². The summed E-state index contributed by atoms with van der Waals surface area (Å²) in [5, 5.41) is 9.97. The van der Waals surface area contributed by atoms with Gasteiger partial charge in [0.25, 0.3) is 5.69 Å². The molecule has 0 spiro atoms. The molecule has 13 heavy (non-hydrogen) atoms. The molecule has 0 amide bonds. The van der Waals surface area contributed by atoms with Crippen molar-refractivity contribution in [2.75, 3.05) is 13.1 Å². The zero-order chi connectivity index (χ0) is 10.1. The van der Waals surface area contributed by atoms with E-state index >= 15 is 0 Å². The van der Waals surface area contributed by atoms with Crippen molar-refractivity contribution in [1.82, 2.24) is 4.98 Å². The molecule has 1 aromatic rings. The topological polar surface area (TPSA) is 108 Å². The molecule has 0 saturated heterocycles. The number of nitrogens with zero attached hydrogens (tertiary/aromatic N) is 2. The molecular weight excluding hydrogens is 172 g/mol. The third-order valence-corrected chi connectivity index (χ3v) is 1.02. The number of nitro groups is 1. The Kier molecular flexibility index (Phi) is 6.30. The van der Waals surface area contributed by atoms with E-state index in [9.17, 15) is 10.1 Å². The number of rotatable bonds is 2. The Morgan fingerprint density at radius 1 is 1.46 bits per heavy atom. The second-order valence-electron chi connectivity index (χ2n) is 2.05. The summed E-state index contributed by atoms with van der Waals surface area (Å²) in [6.07, 6.45) is 2.70. The first-order valence-corrected chi connectivity index (χ1v) is 3.67. The first kappa shape index (κ1) is 11.5. The highest BCUT2D eigenvalue weighted by Gasteiger charge is 1.99. The van der Waals surface area contributed by atoms with Gasteiger partial charge >= 0.3 is 0 Å². The summed E-state index contributed by atoms with van der Waals surface area (Å²) in [6, 6.07) is 2.92. The molecule has 0 aromatic carbocycles. The van der Waals surface area contributed by atoms with Crippen molar-refractivity contribution >= 4 is 5.69 Å². The summed E-state index contributed by atoms with van der Waals surface area (Å²) in [7, 11) is 0. The van der Waals surface area contributed by atoms with Crippen LogP contribution >= 0.6 is 0 Å². The third kappa shape index (κ3) is 5.71. The quantitative estimate of drug-likeness (QED) is 0.492. The lowest BCUT2D eigenvalue weighted by Crippen LogP contribution is -2.11. The molecular formula is C7H12N4O2. The number of hydrogen-bond donors (Lipinski definition) is 2. The van der Waals surface area contributed by atoms with E-state index in [0.29, 0.717) is 13.1 Å². The lowest BCUT2D eigenvalue weighted by Gasteiger charge is -1.84. The summed E-state index contributed by atoms with van der Waals surface area (Å²) >= 11 is 0. The molecule has 1 rings (SSSR count). The Bertz CT molecular complexity index is 238. The maximum Gasteiger partial charge on any atom is 0.287 e. The van der Waals surface area contributed by atoms with Gasteiger partial charge in [0.1, 0.15) is 6.20 Å². The van der Waals surface area contributed by atoms with Crippen LogP contribution < -0.4 is 11.5 Å². The van der Waals surface area contributed by atoms with Crippen LogP contribution in [0, 0.1) is 10.1 Å². The van der Waals surface area contributed by atoms with Crippen LogP contribution in [0.15, 0.2) is 24.5 Å². The van der Waals surface area contributed by atoms with Crippen LogP contribution in [0.1, 0.15) is 0 Å². The number of aromatic nitrogens is 1. The van der Waals surface area contributed by atoms with Crippen LogP contribution in [0.5, 0.6) is 0 Å². The molecule has 0 aliphatic heterocycles. The highest BCUT2D eigenvalue weighted by Crippen LogP contribution is 2.04. The molecule has 0 aliphatic rings. The molecule has 4 N–H and O–H groups in total. The van der Waals surface area contributed by atoms with E-state index in [0.717, 1.165) is 0 Å². The minimum Gasteiger partial charge on any atom is -0.329 e. The van der Waals surface area contributed by atoms with E-state index in [1.807, 2.05) is 0 Å². The van der Waals surface area contributed by atoms with Crippen LogP contribution in [0.4, 0.5) is 5.69 Å². The predicted octanol–water partition coefficient (Wildman–Crippen LogP) is -0.106. The summed E-state index contributed by atoms with van der Waals surface area (Å²) in [5.41, 5.74) is 9.83. The van der Waals surface area contributed by atoms with E-state index in [1.54, 1.807) is 0 Å². The van der Waals surface area contributed by atoms with Gasteiger partial charge in [0.15, 0.2) is 0 Å². The zero-order valence-electron chi connectivity index (χ0n) is 7.09. The van der Waals surface area contributed by atoms with Gasteiger partial charge in [-0.3, -0.25) is 15.1 Å². The van der Waals surface area contributed by atoms with Crippen LogP contribution in [-0.2, 0) is 0 Å². The number of pyridine rings is 1. The maximum absolute atomic E-state index is 9.97. The number of hydrogen-bond acceptors (Lipinski definition) is 5. The van der Waals surface area contributed by atoms with E-state index in [1.165, 1.54) is 24.5 Å². The Labute approximate surface area is 75.7 Å². The van der Waals surface area contributed by atoms with Gasteiger partial charge in [-0.25, -0.2) is 0 Å². The second kappa shape index (κ2) is 7.14. The molecule has 1 aromatic heterocycles. The summed E-state index contributed by atoms with van der Waals surface area (Å²) in [5.74, 6) is 0. The molecule has 1 heterocycles. The lowest BCUT2D eigenvalue weighted by atomic mass is 10.4. The molecule has 0 aliphatic carbocycles. The normalized spacial score (nSPS) is 8.46. The van der Waals surface area contributed by atoms with Gasteiger partial charge in [-0.2, -0.15) is 0 Å². The van der Waals surface area contributed by atoms with Crippen molar-refractivity contribution in [1.29, 1.82) is 0 Å². The summed E-state index contributed by atoms with van der Waals surface area (Å²) < 4.78 is 0. The van der Waals surface area contributed by atoms with E-state index in [2.05, 4.69) is 4.98 Å². The Morgan fingerprint density at radius 2 is 2.08 bits per heavy atom. The summed E-state index contributed by atoms with van der Waals surface area (Å²) in [4.78, 5) is 13.1. The molecule has 0 fully saturated rings. The largest absolute Gasteiger partial charge is 0.329 e. The first-order valence-electron chi connectivity index (χ1n) is 3.67. The van der Waals surface area contributed by atoms with Gasteiger partial charge in [0.2, 0.25) is 0 Å². The van der Waals surface area contributed by atoms with Gasteiger partial charge in [-0.05, 0) is 6.07 Å². The molecule has 0 radical (unpaired) electrons. The average molecular weight is 184 g/mol. The SMILES string of the molecule is NCCN.O=[N+]([O-])c1cccnc1. The predicted molar refractivity (Wildman–Crippen MR) is 49.0 cm³/mol. The van der Waals surface area contributed by atoms with Crippen molar-refractivity contribution in [3.63, 3.8) is 0 Å². The molecule has 0 bridgehead atoms. The Hall–Kier alpha value is -1.53. The molecule has 6 nitrogen and oxygen atoms in total. The van der Waals surface area contributed by atoms with Crippen molar-refractivity contribution < 1.29 is 4.92 Å². The highest BCUT2D eigenvalue weighted by atomic mass is 16.6. The van der Waals surface area contributed by atoms with Gasteiger partial charge in [-0.15, -0.1) is 0 Å². The Morgan fingerprint density at radius 3 is 2.31 bits per heavy atom. The smallest absolute Gasteiger partial charge is 0.287 e. The fourth-order valence-electron chi connectivity index (χ4n) is 0.462. The molecule has 72 valence electrons. The van der Waals surface area contributed by atoms with Crippen LogP contribution in [0.2, 0.25) is 0 Å². The minimum absolute atomic E-state index is 0.0255. The molecule has 0 atom stereocenters. The van der Waals surface area contributed by atoms with E-state index < -0.39 is 4.92 Å². The third-order valence-electron chi connectivity index (χ3n) is 1.02. The first-order chi connectivity index (χ1) is 6.22. The molecule has 0 saturated carbocycles. The minimum atomic E-state index is -0.479. The zero-order valence-corrected chi connectivity index (χ0v) is 7.09. The van der Waals surface area contributed by atoms with Crippen LogP contribution in [-0.4, -0.2) is 23.0 Å². The van der Waals surface area contributed by atoms with Crippen LogP contribution in [0.25, 0.3) is 0 Å². The monoisotopic (exact) mass is 184 g/mol. The van der Waals surface area contributed by atoms with Gasteiger partial charge in [0, 0.05) is 25.4 Å². The molecule has 6 heteroatoms. The van der Waals surface area contributed by atoms with Crippen molar-refractivity contribution in [2.24, 2.45) is 11.5 Å².